The molecule has 0 heterocycles. The maximum absolute atomic E-state index is 6.79. The average Bonchev–Trinajstić information content (AvgIpc) is 2.66. The first-order valence-corrected chi connectivity index (χ1v) is 19.6. The van der Waals surface area contributed by atoms with Gasteiger partial charge >= 0.3 is 172 Å². The van der Waals surface area contributed by atoms with Gasteiger partial charge in [0.1, 0.15) is 0 Å². The summed E-state index contributed by atoms with van der Waals surface area (Å²) < 4.78 is 11.2. The average molecular weight is 475 g/mol. The van der Waals surface area contributed by atoms with Crippen molar-refractivity contribution in [3.05, 3.63) is 0 Å². The van der Waals surface area contributed by atoms with Crippen LogP contribution in [0, 0.1) is 0 Å². The minimum atomic E-state index is -2.31. The van der Waals surface area contributed by atoms with E-state index in [2.05, 4.69) is 27.7 Å². The van der Waals surface area contributed by atoms with Gasteiger partial charge in [-0.3, -0.25) is 0 Å². The molecule has 0 aliphatic carbocycles. The molecule has 2 heteroatoms. The molecule has 0 aliphatic rings. The Morgan fingerprint density at radius 2 is 0.846 bits per heavy atom. The Kier molecular flexibility index (Phi) is 21.1. The third-order valence-corrected chi connectivity index (χ3v) is 19.3. The molecule has 0 unspecified atom stereocenters. The van der Waals surface area contributed by atoms with Gasteiger partial charge < -0.3 is 0 Å². The summed E-state index contributed by atoms with van der Waals surface area (Å²) in [4.78, 5) is 0. The molecule has 0 saturated heterocycles. The van der Waals surface area contributed by atoms with Gasteiger partial charge in [-0.15, -0.1) is 0 Å². The Hall–Kier alpha value is 0.759. The Balaban J connectivity index is 4.22. The molecular formula is C24H52OSn. The van der Waals surface area contributed by atoms with Gasteiger partial charge in [-0.2, -0.15) is 0 Å². The van der Waals surface area contributed by atoms with Crippen LogP contribution in [0.1, 0.15) is 130 Å². The van der Waals surface area contributed by atoms with E-state index in [0.29, 0.717) is 0 Å². The molecule has 0 radical (unpaired) electrons. The SMILES string of the molecule is CCCCCCC[CH2][Sn]([CH2]C)([CH2]CCCCCCC)[O]CCCCCC. The third kappa shape index (κ3) is 15.8. The van der Waals surface area contributed by atoms with Crippen LogP contribution in [-0.2, 0) is 3.07 Å². The van der Waals surface area contributed by atoms with Crippen molar-refractivity contribution in [3.8, 4) is 0 Å². The summed E-state index contributed by atoms with van der Waals surface area (Å²) in [6.07, 6.45) is 22.6. The fourth-order valence-electron chi connectivity index (χ4n) is 4.00. The van der Waals surface area contributed by atoms with E-state index >= 15 is 0 Å². The van der Waals surface area contributed by atoms with Crippen LogP contribution in [0.5, 0.6) is 0 Å². The Morgan fingerprint density at radius 1 is 0.462 bits per heavy atom. The van der Waals surface area contributed by atoms with Crippen LogP contribution < -0.4 is 0 Å². The van der Waals surface area contributed by atoms with E-state index in [9.17, 15) is 0 Å². The van der Waals surface area contributed by atoms with Gasteiger partial charge in [0, 0.05) is 0 Å². The Morgan fingerprint density at radius 3 is 1.27 bits per heavy atom. The number of hydrogen-bond donors (Lipinski definition) is 0. The molecule has 0 atom stereocenters. The van der Waals surface area contributed by atoms with E-state index in [1.54, 1.807) is 0 Å². The van der Waals surface area contributed by atoms with E-state index in [0.717, 1.165) is 6.61 Å². The van der Waals surface area contributed by atoms with Crippen molar-refractivity contribution in [1.29, 1.82) is 0 Å². The van der Waals surface area contributed by atoms with E-state index in [4.69, 9.17) is 3.07 Å². The molecule has 0 amide bonds. The monoisotopic (exact) mass is 476 g/mol. The van der Waals surface area contributed by atoms with Gasteiger partial charge in [-0.25, -0.2) is 0 Å². The van der Waals surface area contributed by atoms with Crippen molar-refractivity contribution in [1.82, 2.24) is 0 Å². The summed E-state index contributed by atoms with van der Waals surface area (Å²) in [5, 5.41) is 0. The molecule has 0 aromatic carbocycles. The maximum atomic E-state index is 6.79. The first kappa shape index (κ1) is 26.8. The minimum absolute atomic E-state index is 1.08. The predicted octanol–water partition coefficient (Wildman–Crippen LogP) is 9.27. The van der Waals surface area contributed by atoms with Gasteiger partial charge in [-0.1, -0.05) is 0 Å². The standard InChI is InChI=1S/2C8H17.C6H13O.C2H5.Sn/c2*1-3-5-7-8-6-4-2;1-2-3-4-5-6-7;1-2;/h2*1,3-8H2,2H3;2-6H2,1H3;1H2,2H3;/q;;-1;;+1. The van der Waals surface area contributed by atoms with Crippen molar-refractivity contribution in [2.45, 2.75) is 144 Å². The zero-order valence-electron chi connectivity index (χ0n) is 19.1. The quantitative estimate of drug-likeness (QED) is 0.119. The second-order valence-corrected chi connectivity index (χ2v) is 20.9. The van der Waals surface area contributed by atoms with Crippen LogP contribution in [-0.4, -0.2) is 25.4 Å². The van der Waals surface area contributed by atoms with E-state index in [-0.39, 0.29) is 0 Å². The molecule has 0 saturated carbocycles. The summed E-state index contributed by atoms with van der Waals surface area (Å²) >= 11 is -2.31. The first-order chi connectivity index (χ1) is 12.7. The second kappa shape index (κ2) is 20.5. The van der Waals surface area contributed by atoms with E-state index in [1.165, 1.54) is 116 Å². The Bertz CT molecular complexity index is 251. The number of unbranched alkanes of at least 4 members (excludes halogenated alkanes) is 13. The van der Waals surface area contributed by atoms with Crippen molar-refractivity contribution < 1.29 is 3.07 Å². The topological polar surface area (TPSA) is 9.23 Å². The van der Waals surface area contributed by atoms with Crippen molar-refractivity contribution in [3.63, 3.8) is 0 Å². The summed E-state index contributed by atoms with van der Waals surface area (Å²) in [6, 6.07) is 0. The molecule has 0 aromatic rings. The molecule has 0 fully saturated rings. The fraction of sp³-hybridized carbons (Fsp3) is 1.00. The molecule has 26 heavy (non-hydrogen) atoms. The molecule has 158 valence electrons. The van der Waals surface area contributed by atoms with Crippen LogP contribution in [0.2, 0.25) is 13.3 Å². The zero-order chi connectivity index (χ0) is 19.3. The molecule has 0 aromatic heterocycles. The third-order valence-electron chi connectivity index (χ3n) is 6.02. The van der Waals surface area contributed by atoms with Crippen LogP contribution in [0.3, 0.4) is 0 Å². The molecule has 0 spiro atoms. The van der Waals surface area contributed by atoms with Crippen molar-refractivity contribution in [2.75, 3.05) is 6.61 Å². The van der Waals surface area contributed by atoms with Crippen LogP contribution >= 0.6 is 0 Å². The summed E-state index contributed by atoms with van der Waals surface area (Å²) in [7, 11) is 0. The molecule has 0 N–H and O–H groups in total. The predicted molar refractivity (Wildman–Crippen MR) is 123 cm³/mol. The fourth-order valence-corrected chi connectivity index (χ4v) is 14.9. The number of rotatable bonds is 21. The van der Waals surface area contributed by atoms with Gasteiger partial charge in [0.25, 0.3) is 0 Å². The number of hydrogen-bond acceptors (Lipinski definition) is 1. The van der Waals surface area contributed by atoms with Gasteiger partial charge in [0.05, 0.1) is 0 Å². The van der Waals surface area contributed by atoms with Crippen molar-refractivity contribution >= 4 is 18.8 Å². The van der Waals surface area contributed by atoms with Crippen LogP contribution in [0.25, 0.3) is 0 Å². The normalized spacial score (nSPS) is 12.0. The first-order valence-electron chi connectivity index (χ1n) is 12.4. The van der Waals surface area contributed by atoms with Crippen molar-refractivity contribution in [2.24, 2.45) is 0 Å². The second-order valence-electron chi connectivity index (χ2n) is 8.48. The zero-order valence-corrected chi connectivity index (χ0v) is 21.9. The molecular weight excluding hydrogens is 423 g/mol. The Labute approximate surface area is 171 Å². The van der Waals surface area contributed by atoms with Crippen LogP contribution in [0.15, 0.2) is 0 Å². The van der Waals surface area contributed by atoms with Gasteiger partial charge in [0.2, 0.25) is 0 Å². The summed E-state index contributed by atoms with van der Waals surface area (Å²) in [6.45, 7) is 10.5. The van der Waals surface area contributed by atoms with Gasteiger partial charge in [0.15, 0.2) is 0 Å². The summed E-state index contributed by atoms with van der Waals surface area (Å²) in [5.41, 5.74) is 0. The van der Waals surface area contributed by atoms with E-state index < -0.39 is 18.8 Å². The molecule has 0 rings (SSSR count). The summed E-state index contributed by atoms with van der Waals surface area (Å²) in [5.74, 6) is 0. The van der Waals surface area contributed by atoms with E-state index in [1.807, 2.05) is 0 Å². The van der Waals surface area contributed by atoms with Crippen LogP contribution in [0.4, 0.5) is 0 Å². The molecule has 0 bridgehead atoms. The molecule has 1 nitrogen and oxygen atoms in total. The molecule has 0 aliphatic heterocycles. The van der Waals surface area contributed by atoms with Gasteiger partial charge in [-0.05, 0) is 0 Å².